The number of benzene rings is 1. The summed E-state index contributed by atoms with van der Waals surface area (Å²) < 4.78 is 13.3. The third kappa shape index (κ3) is 1.57. The lowest BCUT2D eigenvalue weighted by Gasteiger charge is -2.01. The van der Waals surface area contributed by atoms with E-state index in [4.69, 9.17) is 5.53 Å². The van der Waals surface area contributed by atoms with Crippen molar-refractivity contribution in [2.24, 2.45) is 5.11 Å². The number of hydrogen-bond acceptors (Lipinski definition) is 1. The van der Waals surface area contributed by atoms with Gasteiger partial charge < -0.3 is 0 Å². The molecular formula is C7H5BrFN3. The number of azide groups is 1. The second-order valence-electron chi connectivity index (χ2n) is 2.19. The van der Waals surface area contributed by atoms with Crippen molar-refractivity contribution in [3.63, 3.8) is 0 Å². The maximum Gasteiger partial charge on any atom is 0.127 e. The maximum atomic E-state index is 12.8. The average Bonchev–Trinajstić information content (AvgIpc) is 2.07. The Balaban J connectivity index is 3.35. The zero-order valence-electron chi connectivity index (χ0n) is 6.25. The van der Waals surface area contributed by atoms with Gasteiger partial charge in [-0.05, 0) is 46.1 Å². The molecule has 0 unspecified atom stereocenters. The van der Waals surface area contributed by atoms with Gasteiger partial charge in [0.1, 0.15) is 5.82 Å². The minimum Gasteiger partial charge on any atom is -0.207 e. The number of halogens is 2. The summed E-state index contributed by atoms with van der Waals surface area (Å²) in [5.41, 5.74) is 8.99. The Hall–Kier alpha value is -1.06. The molecule has 0 saturated heterocycles. The lowest BCUT2D eigenvalue weighted by molar-refractivity contribution is 0.617. The van der Waals surface area contributed by atoms with Crippen molar-refractivity contribution in [3.05, 3.63) is 38.4 Å². The standard InChI is InChI=1S/C7H5BrFN3/c1-4-5(9)2-3-6(7(4)8)11-12-10/h2-3H,1H3. The van der Waals surface area contributed by atoms with E-state index in [9.17, 15) is 4.39 Å². The highest BCUT2D eigenvalue weighted by molar-refractivity contribution is 9.10. The molecule has 0 bridgehead atoms. The molecule has 0 fully saturated rings. The second-order valence-corrected chi connectivity index (χ2v) is 2.99. The van der Waals surface area contributed by atoms with Crippen LogP contribution < -0.4 is 0 Å². The molecule has 3 nitrogen and oxygen atoms in total. The van der Waals surface area contributed by atoms with Crippen LogP contribution >= 0.6 is 15.9 Å². The molecule has 62 valence electrons. The van der Waals surface area contributed by atoms with Crippen LogP contribution in [0.5, 0.6) is 0 Å². The topological polar surface area (TPSA) is 48.8 Å². The van der Waals surface area contributed by atoms with Crippen LogP contribution in [0.4, 0.5) is 10.1 Å². The normalized spacial score (nSPS) is 9.25. The van der Waals surface area contributed by atoms with Crippen molar-refractivity contribution < 1.29 is 4.39 Å². The SMILES string of the molecule is Cc1c(F)ccc(N=[N+]=[N-])c1Br. The molecule has 12 heavy (non-hydrogen) atoms. The Bertz CT molecular complexity index is 358. The van der Waals surface area contributed by atoms with Crippen molar-refractivity contribution >= 4 is 21.6 Å². The summed E-state index contributed by atoms with van der Waals surface area (Å²) >= 11 is 3.13. The number of hydrogen-bond donors (Lipinski definition) is 0. The Morgan fingerprint density at radius 3 is 2.83 bits per heavy atom. The van der Waals surface area contributed by atoms with Gasteiger partial charge in [0, 0.05) is 9.38 Å². The first-order valence-electron chi connectivity index (χ1n) is 3.16. The predicted molar refractivity (Wildman–Crippen MR) is 47.6 cm³/mol. The van der Waals surface area contributed by atoms with Gasteiger partial charge in [0.25, 0.3) is 0 Å². The van der Waals surface area contributed by atoms with Gasteiger partial charge in [-0.15, -0.1) is 0 Å². The minimum atomic E-state index is -0.321. The van der Waals surface area contributed by atoms with Gasteiger partial charge in [-0.25, -0.2) is 4.39 Å². The van der Waals surface area contributed by atoms with Crippen LogP contribution in [0, 0.1) is 12.7 Å². The highest BCUT2D eigenvalue weighted by Crippen LogP contribution is 2.30. The molecule has 0 aliphatic heterocycles. The summed E-state index contributed by atoms with van der Waals surface area (Å²) in [5.74, 6) is -0.321. The third-order valence-electron chi connectivity index (χ3n) is 1.45. The van der Waals surface area contributed by atoms with Gasteiger partial charge in [-0.1, -0.05) is 5.11 Å². The number of rotatable bonds is 1. The molecule has 0 amide bonds. The minimum absolute atomic E-state index is 0.321. The van der Waals surface area contributed by atoms with Gasteiger partial charge >= 0.3 is 0 Å². The lowest BCUT2D eigenvalue weighted by Crippen LogP contribution is -1.82. The summed E-state index contributed by atoms with van der Waals surface area (Å²) in [6, 6.07) is 2.69. The molecule has 0 heterocycles. The zero-order chi connectivity index (χ0) is 9.14. The summed E-state index contributed by atoms with van der Waals surface area (Å²) in [7, 11) is 0. The van der Waals surface area contributed by atoms with Crippen molar-refractivity contribution in [1.29, 1.82) is 0 Å². The second kappa shape index (κ2) is 3.56. The van der Waals surface area contributed by atoms with Crippen LogP contribution in [-0.2, 0) is 0 Å². The van der Waals surface area contributed by atoms with Crippen LogP contribution in [0.1, 0.15) is 5.56 Å². The molecule has 0 aliphatic rings. The molecule has 0 aromatic heterocycles. The lowest BCUT2D eigenvalue weighted by atomic mass is 10.2. The van der Waals surface area contributed by atoms with Crippen LogP contribution in [0.2, 0.25) is 0 Å². The molecule has 1 rings (SSSR count). The van der Waals surface area contributed by atoms with Crippen LogP contribution in [0.15, 0.2) is 21.7 Å². The van der Waals surface area contributed by atoms with E-state index in [0.29, 0.717) is 15.7 Å². The van der Waals surface area contributed by atoms with E-state index in [1.807, 2.05) is 0 Å². The van der Waals surface area contributed by atoms with Crippen LogP contribution in [-0.4, -0.2) is 0 Å². The van der Waals surface area contributed by atoms with Gasteiger partial charge in [0.2, 0.25) is 0 Å². The van der Waals surface area contributed by atoms with E-state index in [0.717, 1.165) is 0 Å². The van der Waals surface area contributed by atoms with Crippen molar-refractivity contribution in [1.82, 2.24) is 0 Å². The Labute approximate surface area is 77.0 Å². The largest absolute Gasteiger partial charge is 0.207 e. The van der Waals surface area contributed by atoms with E-state index >= 15 is 0 Å². The monoisotopic (exact) mass is 229 g/mol. The van der Waals surface area contributed by atoms with Crippen LogP contribution in [0.25, 0.3) is 10.4 Å². The fourth-order valence-corrected chi connectivity index (χ4v) is 1.17. The zero-order valence-corrected chi connectivity index (χ0v) is 7.84. The first-order valence-corrected chi connectivity index (χ1v) is 3.96. The maximum absolute atomic E-state index is 12.8. The van der Waals surface area contributed by atoms with E-state index in [2.05, 4.69) is 26.0 Å². The highest BCUT2D eigenvalue weighted by atomic mass is 79.9. The molecule has 0 aliphatic carbocycles. The molecule has 5 heteroatoms. The first-order chi connectivity index (χ1) is 5.66. The van der Waals surface area contributed by atoms with Gasteiger partial charge in [0.05, 0.1) is 5.69 Å². The summed E-state index contributed by atoms with van der Waals surface area (Å²) in [6.45, 7) is 1.61. The molecule has 0 saturated carbocycles. The summed E-state index contributed by atoms with van der Waals surface area (Å²) in [4.78, 5) is 2.61. The van der Waals surface area contributed by atoms with Crippen molar-refractivity contribution in [2.75, 3.05) is 0 Å². The predicted octanol–water partition coefficient (Wildman–Crippen LogP) is 3.84. The average molecular weight is 230 g/mol. The van der Waals surface area contributed by atoms with Gasteiger partial charge in [0.15, 0.2) is 0 Å². The Morgan fingerprint density at radius 1 is 1.58 bits per heavy atom. The molecule has 0 atom stereocenters. The molecule has 1 aromatic rings. The smallest absolute Gasteiger partial charge is 0.127 e. The van der Waals surface area contributed by atoms with Crippen molar-refractivity contribution in [2.45, 2.75) is 6.92 Å². The fourth-order valence-electron chi connectivity index (χ4n) is 0.773. The highest BCUT2D eigenvalue weighted by Gasteiger charge is 2.04. The van der Waals surface area contributed by atoms with E-state index in [1.165, 1.54) is 12.1 Å². The van der Waals surface area contributed by atoms with Crippen LogP contribution in [0.3, 0.4) is 0 Å². The Kier molecular flexibility index (Phi) is 2.68. The van der Waals surface area contributed by atoms with Gasteiger partial charge in [-0.2, -0.15) is 0 Å². The summed E-state index contributed by atoms with van der Waals surface area (Å²) in [6.07, 6.45) is 0. The first kappa shape index (κ1) is 9.03. The van der Waals surface area contributed by atoms with Crippen molar-refractivity contribution in [3.8, 4) is 0 Å². The van der Waals surface area contributed by atoms with Gasteiger partial charge in [-0.3, -0.25) is 0 Å². The molecule has 0 radical (unpaired) electrons. The van der Waals surface area contributed by atoms with E-state index in [-0.39, 0.29) is 5.82 Å². The Morgan fingerprint density at radius 2 is 2.25 bits per heavy atom. The molecule has 0 spiro atoms. The molecule has 0 N–H and O–H groups in total. The number of nitrogens with zero attached hydrogens (tertiary/aromatic N) is 3. The molecule has 1 aromatic carbocycles. The van der Waals surface area contributed by atoms with E-state index in [1.54, 1.807) is 6.92 Å². The third-order valence-corrected chi connectivity index (χ3v) is 2.45. The summed E-state index contributed by atoms with van der Waals surface area (Å²) in [5, 5.41) is 3.38. The van der Waals surface area contributed by atoms with E-state index < -0.39 is 0 Å². The fraction of sp³-hybridized carbons (Fsp3) is 0.143. The molecular weight excluding hydrogens is 225 g/mol. The quantitative estimate of drug-likeness (QED) is 0.399.